The largest absolute Gasteiger partial charge is 0.504 e. The summed E-state index contributed by atoms with van der Waals surface area (Å²) in [5, 5.41) is 102. The highest BCUT2D eigenvalue weighted by atomic mass is 16.6. The maximum Gasteiger partial charge on any atom is 0.343 e. The zero-order valence-corrected chi connectivity index (χ0v) is 29.5. The SMILES string of the molecule is CCOC(=O)c1cc(O)c(O)c(OC(=O)c2cc(O)c(O)c(OC(=O)c3cc(O)c(O)c(OC(=O)c4cc(O)c(O)c(OC(=O)c5cc(C)c(O)c(O)c5)c4)c3)c2)c1. The fraction of sp³-hybridized carbons (Fsp3) is 0.0789. The number of phenolic OH excluding ortho intramolecular Hbond substituents is 10. The highest BCUT2D eigenvalue weighted by Gasteiger charge is 2.26. The van der Waals surface area contributed by atoms with Crippen LogP contribution in [0.2, 0.25) is 0 Å². The molecule has 0 fully saturated rings. The smallest absolute Gasteiger partial charge is 0.343 e. The molecule has 0 unspecified atom stereocenters. The van der Waals surface area contributed by atoms with Crippen molar-refractivity contribution in [2.75, 3.05) is 6.61 Å². The van der Waals surface area contributed by atoms with Crippen LogP contribution in [0.25, 0.3) is 0 Å². The minimum atomic E-state index is -1.47. The molecular weight excluding hydrogens is 776 g/mol. The van der Waals surface area contributed by atoms with Gasteiger partial charge in [-0.1, -0.05) is 0 Å². The predicted molar refractivity (Wildman–Crippen MR) is 189 cm³/mol. The van der Waals surface area contributed by atoms with Crippen LogP contribution < -0.4 is 18.9 Å². The van der Waals surface area contributed by atoms with Crippen LogP contribution in [-0.4, -0.2) is 87.5 Å². The average molecular weight is 805 g/mol. The standard InChI is InChI=1S/C38H28O20/c1-3-54-34(49)16-6-21(40)30(45)25(10-16)56-36(51)18-8-23(42)32(47)27(12-18)58-38(53)19-9-24(43)33(48)28(13-19)57-37(52)17-7-22(41)31(46)26(11-17)55-35(50)15-4-14(2)29(44)20(39)5-15/h4-13,39-48H,3H2,1-2H3. The van der Waals surface area contributed by atoms with E-state index < -0.39 is 127 Å². The Kier molecular flexibility index (Phi) is 11.2. The Morgan fingerprint density at radius 1 is 0.379 bits per heavy atom. The van der Waals surface area contributed by atoms with Gasteiger partial charge < -0.3 is 74.7 Å². The number of esters is 5. The van der Waals surface area contributed by atoms with Gasteiger partial charge in [0.1, 0.15) is 0 Å². The number of hydrogen-bond donors (Lipinski definition) is 10. The molecule has 0 atom stereocenters. The molecule has 0 amide bonds. The maximum atomic E-state index is 13.2. The number of phenols is 10. The molecule has 0 heterocycles. The summed E-state index contributed by atoms with van der Waals surface area (Å²) in [7, 11) is 0. The number of carbonyl (C=O) groups is 5. The Balaban J connectivity index is 1.37. The van der Waals surface area contributed by atoms with E-state index in [1.165, 1.54) is 13.8 Å². The first-order valence-electron chi connectivity index (χ1n) is 16.1. The Hall–Kier alpha value is -8.55. The van der Waals surface area contributed by atoms with Gasteiger partial charge in [0.25, 0.3) is 0 Å². The minimum Gasteiger partial charge on any atom is -0.504 e. The van der Waals surface area contributed by atoms with E-state index in [4.69, 9.17) is 23.7 Å². The number of hydrogen-bond acceptors (Lipinski definition) is 20. The Morgan fingerprint density at radius 2 is 0.621 bits per heavy atom. The van der Waals surface area contributed by atoms with Crippen LogP contribution in [0.15, 0.2) is 60.7 Å². The molecule has 5 aromatic carbocycles. The summed E-state index contributed by atoms with van der Waals surface area (Å²) in [4.78, 5) is 64.0. The molecule has 5 aromatic rings. The minimum absolute atomic E-state index is 0.0510. The molecule has 58 heavy (non-hydrogen) atoms. The van der Waals surface area contributed by atoms with E-state index in [-0.39, 0.29) is 23.3 Å². The van der Waals surface area contributed by atoms with E-state index in [1.54, 1.807) is 0 Å². The molecule has 0 saturated heterocycles. The molecule has 10 N–H and O–H groups in total. The lowest BCUT2D eigenvalue weighted by Gasteiger charge is -2.13. The van der Waals surface area contributed by atoms with Gasteiger partial charge in [0.2, 0.25) is 23.0 Å². The van der Waals surface area contributed by atoms with Crippen LogP contribution in [0.1, 0.15) is 64.3 Å². The fourth-order valence-electron chi connectivity index (χ4n) is 4.88. The van der Waals surface area contributed by atoms with Gasteiger partial charge in [-0.2, -0.15) is 0 Å². The van der Waals surface area contributed by atoms with E-state index in [2.05, 4.69) is 0 Å². The van der Waals surface area contributed by atoms with Gasteiger partial charge >= 0.3 is 29.8 Å². The molecule has 0 aliphatic heterocycles. The van der Waals surface area contributed by atoms with Crippen molar-refractivity contribution < 1.29 is 98.7 Å². The number of aromatic hydroxyl groups is 10. The predicted octanol–water partition coefficient (Wildman–Crippen LogP) is 4.10. The molecular formula is C38H28O20. The van der Waals surface area contributed by atoms with Gasteiger partial charge in [0.05, 0.1) is 34.4 Å². The molecule has 300 valence electrons. The lowest BCUT2D eigenvalue weighted by Crippen LogP contribution is -2.13. The zero-order valence-electron chi connectivity index (χ0n) is 29.5. The molecule has 0 saturated carbocycles. The number of aryl methyl sites for hydroxylation is 1. The first-order valence-corrected chi connectivity index (χ1v) is 16.1. The van der Waals surface area contributed by atoms with E-state index >= 15 is 0 Å². The first-order chi connectivity index (χ1) is 27.3. The molecule has 0 aliphatic rings. The maximum absolute atomic E-state index is 13.2. The third-order valence-corrected chi connectivity index (χ3v) is 7.76. The van der Waals surface area contributed by atoms with Gasteiger partial charge in [-0.15, -0.1) is 0 Å². The summed E-state index contributed by atoms with van der Waals surface area (Å²) in [6.45, 7) is 2.81. The average Bonchev–Trinajstić information content (AvgIpc) is 3.17. The molecule has 20 nitrogen and oxygen atoms in total. The Bertz CT molecular complexity index is 2520. The zero-order chi connectivity index (χ0) is 42.7. The summed E-state index contributed by atoms with van der Waals surface area (Å²) in [6.07, 6.45) is 0. The quantitative estimate of drug-likeness (QED) is 0.0539. The van der Waals surface area contributed by atoms with Crippen molar-refractivity contribution >= 4 is 29.8 Å². The van der Waals surface area contributed by atoms with Gasteiger partial charge in [0.15, 0.2) is 57.5 Å². The van der Waals surface area contributed by atoms with Crippen molar-refractivity contribution in [2.24, 2.45) is 0 Å². The van der Waals surface area contributed by atoms with Crippen molar-refractivity contribution in [3.05, 3.63) is 94.0 Å². The summed E-state index contributed by atoms with van der Waals surface area (Å²) in [5.41, 5.74) is -2.48. The van der Waals surface area contributed by atoms with Gasteiger partial charge in [-0.25, -0.2) is 24.0 Å². The van der Waals surface area contributed by atoms with Gasteiger partial charge in [-0.05, 0) is 80.1 Å². The monoisotopic (exact) mass is 804 g/mol. The lowest BCUT2D eigenvalue weighted by molar-refractivity contribution is 0.0522. The summed E-state index contributed by atoms with van der Waals surface area (Å²) in [5.74, 6) is -19.1. The second kappa shape index (κ2) is 16.0. The third-order valence-electron chi connectivity index (χ3n) is 7.76. The van der Waals surface area contributed by atoms with Crippen molar-refractivity contribution in [3.63, 3.8) is 0 Å². The second-order valence-electron chi connectivity index (χ2n) is 11.8. The van der Waals surface area contributed by atoms with Gasteiger partial charge in [0, 0.05) is 0 Å². The number of carbonyl (C=O) groups excluding carboxylic acids is 5. The number of ether oxygens (including phenoxy) is 5. The van der Waals surface area contributed by atoms with Crippen molar-refractivity contribution in [1.82, 2.24) is 0 Å². The molecule has 0 aromatic heterocycles. The Morgan fingerprint density at radius 3 is 0.879 bits per heavy atom. The molecule has 5 rings (SSSR count). The van der Waals surface area contributed by atoms with E-state index in [9.17, 15) is 75.0 Å². The van der Waals surface area contributed by atoms with Crippen molar-refractivity contribution in [3.8, 4) is 80.5 Å². The highest BCUT2D eigenvalue weighted by molar-refractivity contribution is 5.98. The normalized spacial score (nSPS) is 10.7. The van der Waals surface area contributed by atoms with Crippen LogP contribution >= 0.6 is 0 Å². The second-order valence-corrected chi connectivity index (χ2v) is 11.8. The number of benzene rings is 5. The summed E-state index contributed by atoms with van der Waals surface area (Å²) >= 11 is 0. The molecule has 20 heteroatoms. The fourth-order valence-corrected chi connectivity index (χ4v) is 4.88. The van der Waals surface area contributed by atoms with Crippen LogP contribution in [-0.2, 0) is 4.74 Å². The molecule has 0 radical (unpaired) electrons. The van der Waals surface area contributed by atoms with Crippen molar-refractivity contribution in [2.45, 2.75) is 13.8 Å². The van der Waals surface area contributed by atoms with Crippen LogP contribution in [0, 0.1) is 6.92 Å². The molecule has 0 spiro atoms. The van der Waals surface area contributed by atoms with Crippen molar-refractivity contribution in [1.29, 1.82) is 0 Å². The van der Waals surface area contributed by atoms with Gasteiger partial charge in [-0.3, -0.25) is 0 Å². The topological polar surface area (TPSA) is 334 Å². The van der Waals surface area contributed by atoms with Crippen LogP contribution in [0.5, 0.6) is 80.5 Å². The number of rotatable bonds is 10. The van der Waals surface area contributed by atoms with Crippen LogP contribution in [0.4, 0.5) is 0 Å². The first kappa shape index (κ1) is 40.6. The molecule has 0 bridgehead atoms. The summed E-state index contributed by atoms with van der Waals surface area (Å²) in [6, 6.07) is 7.71. The highest BCUT2D eigenvalue weighted by Crippen LogP contribution is 2.42. The van der Waals surface area contributed by atoms with E-state index in [1.807, 2.05) is 0 Å². The van der Waals surface area contributed by atoms with Crippen LogP contribution in [0.3, 0.4) is 0 Å². The summed E-state index contributed by atoms with van der Waals surface area (Å²) < 4.78 is 25.0. The van der Waals surface area contributed by atoms with E-state index in [0.29, 0.717) is 30.3 Å². The molecule has 0 aliphatic carbocycles. The van der Waals surface area contributed by atoms with E-state index in [0.717, 1.165) is 30.3 Å². The Labute approximate surface area is 323 Å². The lowest BCUT2D eigenvalue weighted by atomic mass is 10.1. The third kappa shape index (κ3) is 8.39.